The Morgan fingerprint density at radius 2 is 2.36 bits per heavy atom. The molecule has 0 amide bonds. The van der Waals surface area contributed by atoms with Gasteiger partial charge in [0.25, 0.3) is 0 Å². The summed E-state index contributed by atoms with van der Waals surface area (Å²) in [5.74, 6) is 0. The predicted molar refractivity (Wildman–Crippen MR) is 54.9 cm³/mol. The number of nitrogens with one attached hydrogen (secondary N) is 1. The van der Waals surface area contributed by atoms with Gasteiger partial charge in [0, 0.05) is 19.1 Å². The molecule has 0 aromatic carbocycles. The van der Waals surface area contributed by atoms with Crippen LogP contribution in [0, 0.1) is 11.3 Å². The monoisotopic (exact) mass is 197 g/mol. The smallest absolute Gasteiger partial charge is 0.108 e. The highest BCUT2D eigenvalue weighted by molar-refractivity contribution is 4.92. The van der Waals surface area contributed by atoms with Gasteiger partial charge in [-0.05, 0) is 20.9 Å². The van der Waals surface area contributed by atoms with E-state index in [0.29, 0.717) is 6.04 Å². The molecule has 1 N–H and O–H groups in total. The topological polar surface area (TPSA) is 48.3 Å². The van der Waals surface area contributed by atoms with E-state index in [-0.39, 0.29) is 12.1 Å². The van der Waals surface area contributed by atoms with Crippen molar-refractivity contribution in [3.8, 4) is 6.07 Å². The summed E-state index contributed by atoms with van der Waals surface area (Å²) in [5.41, 5.74) is 0. The summed E-state index contributed by atoms with van der Waals surface area (Å²) in [7, 11) is 1.82. The zero-order chi connectivity index (χ0) is 10.6. The van der Waals surface area contributed by atoms with Crippen LogP contribution in [0.15, 0.2) is 0 Å². The van der Waals surface area contributed by atoms with Gasteiger partial charge in [0.05, 0.1) is 18.8 Å². The molecule has 1 rings (SSSR count). The summed E-state index contributed by atoms with van der Waals surface area (Å²) in [6, 6.07) is 2.57. The molecule has 0 radical (unpaired) electrons. The van der Waals surface area contributed by atoms with Crippen molar-refractivity contribution in [2.45, 2.75) is 32.0 Å². The highest BCUT2D eigenvalue weighted by atomic mass is 16.5. The maximum absolute atomic E-state index is 8.84. The van der Waals surface area contributed by atoms with Gasteiger partial charge in [-0.3, -0.25) is 4.90 Å². The number of nitrogens with zero attached hydrogens (tertiary/aromatic N) is 2. The number of nitriles is 1. The lowest BCUT2D eigenvalue weighted by molar-refractivity contribution is -0.0502. The summed E-state index contributed by atoms with van der Waals surface area (Å²) >= 11 is 0. The van der Waals surface area contributed by atoms with E-state index < -0.39 is 0 Å². The Bertz CT molecular complexity index is 214. The van der Waals surface area contributed by atoms with Crippen molar-refractivity contribution < 1.29 is 4.74 Å². The molecule has 4 nitrogen and oxygen atoms in total. The zero-order valence-corrected chi connectivity index (χ0v) is 9.16. The Kier molecular flexibility index (Phi) is 4.33. The van der Waals surface area contributed by atoms with Gasteiger partial charge in [0.2, 0.25) is 0 Å². The molecule has 0 spiro atoms. The largest absolute Gasteiger partial charge is 0.376 e. The summed E-state index contributed by atoms with van der Waals surface area (Å²) < 4.78 is 5.52. The molecular formula is C10H19N3O. The van der Waals surface area contributed by atoms with E-state index in [1.54, 1.807) is 0 Å². The van der Waals surface area contributed by atoms with Crippen molar-refractivity contribution in [3.05, 3.63) is 0 Å². The molecule has 3 unspecified atom stereocenters. The van der Waals surface area contributed by atoms with Crippen LogP contribution in [0.1, 0.15) is 13.8 Å². The maximum Gasteiger partial charge on any atom is 0.108 e. The second kappa shape index (κ2) is 5.30. The van der Waals surface area contributed by atoms with E-state index in [1.165, 1.54) is 0 Å². The van der Waals surface area contributed by atoms with Gasteiger partial charge in [-0.15, -0.1) is 0 Å². The van der Waals surface area contributed by atoms with Crippen LogP contribution in [0.5, 0.6) is 0 Å². The minimum atomic E-state index is -0.0808. The average molecular weight is 197 g/mol. The predicted octanol–water partition coefficient (Wildman–Crippen LogP) is 0.207. The van der Waals surface area contributed by atoms with E-state index in [1.807, 2.05) is 7.05 Å². The first-order valence-corrected chi connectivity index (χ1v) is 5.10. The molecule has 1 aliphatic heterocycles. The SMILES string of the molecule is CNC(C#N)CN1CC(C)OCC1C. The van der Waals surface area contributed by atoms with Crippen LogP contribution >= 0.6 is 0 Å². The standard InChI is InChI=1S/C10H19N3O/c1-8-7-14-9(2)5-13(8)6-10(4-11)12-3/h8-10,12H,5-7H2,1-3H3. The van der Waals surface area contributed by atoms with Crippen molar-refractivity contribution >= 4 is 0 Å². The molecule has 1 saturated heterocycles. The molecular weight excluding hydrogens is 178 g/mol. The number of rotatable bonds is 3. The highest BCUT2D eigenvalue weighted by Gasteiger charge is 2.24. The van der Waals surface area contributed by atoms with E-state index in [2.05, 4.69) is 30.1 Å². The number of morpholine rings is 1. The summed E-state index contributed by atoms with van der Waals surface area (Å²) in [5, 5.41) is 11.8. The number of likely N-dealkylation sites (N-methyl/N-ethyl adjacent to an activating group) is 1. The van der Waals surface area contributed by atoms with Crippen molar-refractivity contribution in [1.29, 1.82) is 5.26 Å². The van der Waals surface area contributed by atoms with Crippen molar-refractivity contribution in [2.24, 2.45) is 0 Å². The fraction of sp³-hybridized carbons (Fsp3) is 0.900. The minimum Gasteiger partial charge on any atom is -0.376 e. The molecule has 1 aliphatic rings. The number of hydrogen-bond acceptors (Lipinski definition) is 4. The third kappa shape index (κ3) is 2.95. The molecule has 80 valence electrons. The van der Waals surface area contributed by atoms with Crippen LogP contribution in [0.2, 0.25) is 0 Å². The Morgan fingerprint density at radius 1 is 1.64 bits per heavy atom. The quantitative estimate of drug-likeness (QED) is 0.702. The van der Waals surface area contributed by atoms with Crippen LogP contribution in [0.4, 0.5) is 0 Å². The van der Waals surface area contributed by atoms with Gasteiger partial charge in [-0.1, -0.05) is 0 Å². The minimum absolute atomic E-state index is 0.0808. The maximum atomic E-state index is 8.84. The summed E-state index contributed by atoms with van der Waals surface area (Å²) in [4.78, 5) is 2.30. The van der Waals surface area contributed by atoms with Crippen LogP contribution < -0.4 is 5.32 Å². The first kappa shape index (κ1) is 11.4. The van der Waals surface area contributed by atoms with Crippen LogP contribution in [0.3, 0.4) is 0 Å². The van der Waals surface area contributed by atoms with Gasteiger partial charge in [-0.25, -0.2) is 0 Å². The molecule has 0 aromatic rings. The molecule has 0 bridgehead atoms. The van der Waals surface area contributed by atoms with E-state index in [4.69, 9.17) is 10.00 Å². The molecule has 0 saturated carbocycles. The lowest BCUT2D eigenvalue weighted by atomic mass is 10.2. The molecule has 14 heavy (non-hydrogen) atoms. The fourth-order valence-electron chi connectivity index (χ4n) is 1.66. The highest BCUT2D eigenvalue weighted by Crippen LogP contribution is 2.11. The van der Waals surface area contributed by atoms with Crippen molar-refractivity contribution in [1.82, 2.24) is 10.2 Å². The number of ether oxygens (including phenoxy) is 1. The van der Waals surface area contributed by atoms with Crippen LogP contribution in [-0.2, 0) is 4.74 Å². The van der Waals surface area contributed by atoms with Crippen LogP contribution in [0.25, 0.3) is 0 Å². The van der Waals surface area contributed by atoms with Crippen LogP contribution in [-0.4, -0.2) is 49.8 Å². The Morgan fingerprint density at radius 3 is 2.93 bits per heavy atom. The summed E-state index contributed by atoms with van der Waals surface area (Å²) in [6.07, 6.45) is 0.280. The van der Waals surface area contributed by atoms with Gasteiger partial charge in [0.1, 0.15) is 6.04 Å². The molecule has 3 atom stereocenters. The molecule has 0 aliphatic carbocycles. The molecule has 1 heterocycles. The zero-order valence-electron chi connectivity index (χ0n) is 9.16. The number of hydrogen-bond donors (Lipinski definition) is 1. The van der Waals surface area contributed by atoms with Gasteiger partial charge >= 0.3 is 0 Å². The fourth-order valence-corrected chi connectivity index (χ4v) is 1.66. The third-order valence-electron chi connectivity index (χ3n) is 2.66. The van der Waals surface area contributed by atoms with E-state index >= 15 is 0 Å². The molecule has 1 fully saturated rings. The first-order chi connectivity index (χ1) is 6.67. The van der Waals surface area contributed by atoms with Gasteiger partial charge < -0.3 is 10.1 Å². The van der Waals surface area contributed by atoms with Gasteiger partial charge in [0.15, 0.2) is 0 Å². The lowest BCUT2D eigenvalue weighted by Crippen LogP contribution is -2.51. The molecule has 4 heteroatoms. The third-order valence-corrected chi connectivity index (χ3v) is 2.66. The summed E-state index contributed by atoms with van der Waals surface area (Å²) in [6.45, 7) is 6.67. The van der Waals surface area contributed by atoms with E-state index in [9.17, 15) is 0 Å². The van der Waals surface area contributed by atoms with E-state index in [0.717, 1.165) is 19.7 Å². The average Bonchev–Trinajstić information content (AvgIpc) is 2.19. The first-order valence-electron chi connectivity index (χ1n) is 5.10. The normalized spacial score (nSPS) is 31.0. The Balaban J connectivity index is 2.45. The van der Waals surface area contributed by atoms with Crippen molar-refractivity contribution in [3.63, 3.8) is 0 Å². The second-order valence-electron chi connectivity index (χ2n) is 3.92. The Labute approximate surface area is 85.8 Å². The Hall–Kier alpha value is -0.630. The van der Waals surface area contributed by atoms with Crippen molar-refractivity contribution in [2.75, 3.05) is 26.7 Å². The van der Waals surface area contributed by atoms with Gasteiger partial charge in [-0.2, -0.15) is 5.26 Å². The molecule has 0 aromatic heterocycles. The lowest BCUT2D eigenvalue weighted by Gasteiger charge is -2.37. The second-order valence-corrected chi connectivity index (χ2v) is 3.92.